The van der Waals surface area contributed by atoms with Gasteiger partial charge in [0.15, 0.2) is 5.82 Å². The molecule has 0 unspecified atom stereocenters. The van der Waals surface area contributed by atoms with Crippen molar-refractivity contribution in [3.63, 3.8) is 0 Å². The normalized spacial score (nSPS) is 14.0. The van der Waals surface area contributed by atoms with Crippen molar-refractivity contribution < 1.29 is 42.1 Å². The molecule has 0 spiro atoms. The molecule has 7 nitrogen and oxygen atoms in total. The second-order valence-corrected chi connectivity index (χ2v) is 9.42. The number of benzene rings is 2. The third kappa shape index (κ3) is 6.96. The molecule has 42 heavy (non-hydrogen) atoms. The minimum atomic E-state index is -4.57. The van der Waals surface area contributed by atoms with E-state index in [1.165, 1.54) is 16.8 Å². The first-order valence-electron chi connectivity index (χ1n) is 13.0. The molecule has 1 fully saturated rings. The van der Waals surface area contributed by atoms with Crippen molar-refractivity contribution in [2.24, 2.45) is 5.92 Å². The van der Waals surface area contributed by atoms with E-state index in [0.717, 1.165) is 19.3 Å². The molecule has 3 heterocycles. The molecule has 1 aliphatic rings. The summed E-state index contributed by atoms with van der Waals surface area (Å²) in [7, 11) is 0. The molecular formula is C29H24F5IrN7-2. The zero-order valence-corrected chi connectivity index (χ0v) is 24.4. The molecule has 0 aliphatic heterocycles. The predicted octanol–water partition coefficient (Wildman–Crippen LogP) is 6.92. The van der Waals surface area contributed by atoms with E-state index < -0.39 is 23.8 Å². The first-order valence-corrected chi connectivity index (χ1v) is 13.0. The van der Waals surface area contributed by atoms with Crippen LogP contribution in [0.3, 0.4) is 0 Å². The Hall–Kier alpha value is -3.83. The smallest absolute Gasteiger partial charge is 0.413 e. The summed E-state index contributed by atoms with van der Waals surface area (Å²) >= 11 is 0. The molecule has 2 aromatic carbocycles. The Kier molecular flexibility index (Phi) is 9.95. The van der Waals surface area contributed by atoms with Crippen LogP contribution in [0.15, 0.2) is 79.0 Å². The van der Waals surface area contributed by atoms with E-state index in [-0.39, 0.29) is 37.4 Å². The fraction of sp³-hybridized carbons (Fsp3) is 0.276. The molecule has 1 radical (unpaired) electrons. The van der Waals surface area contributed by atoms with Crippen LogP contribution in [-0.2, 0) is 32.2 Å². The monoisotopic (exact) mass is 758 g/mol. The van der Waals surface area contributed by atoms with Crippen LogP contribution >= 0.6 is 0 Å². The molecule has 3 aromatic heterocycles. The van der Waals surface area contributed by atoms with Crippen LogP contribution in [0.5, 0.6) is 0 Å². The van der Waals surface area contributed by atoms with Gasteiger partial charge in [-0.15, -0.1) is 41.0 Å². The van der Waals surface area contributed by atoms with Gasteiger partial charge in [-0.3, -0.25) is 10.1 Å². The summed E-state index contributed by atoms with van der Waals surface area (Å²) in [5.41, 5.74) is 1.55. The van der Waals surface area contributed by atoms with Crippen molar-refractivity contribution in [2.75, 3.05) is 0 Å². The molecule has 1 aliphatic carbocycles. The van der Waals surface area contributed by atoms with Gasteiger partial charge in [0, 0.05) is 37.9 Å². The average molecular weight is 758 g/mol. The predicted molar refractivity (Wildman–Crippen MR) is 140 cm³/mol. The largest absolute Gasteiger partial charge is 0.429 e. The van der Waals surface area contributed by atoms with Crippen molar-refractivity contribution in [1.29, 1.82) is 0 Å². The van der Waals surface area contributed by atoms with E-state index in [1.807, 2.05) is 36.4 Å². The minimum absolute atomic E-state index is 0. The Morgan fingerprint density at radius 2 is 1.55 bits per heavy atom. The average Bonchev–Trinajstić information content (AvgIpc) is 3.69. The van der Waals surface area contributed by atoms with Gasteiger partial charge in [0.25, 0.3) is 0 Å². The number of aromatic nitrogens is 7. The van der Waals surface area contributed by atoms with Crippen molar-refractivity contribution in [3.8, 4) is 28.6 Å². The number of para-hydroxylation sites is 1. The van der Waals surface area contributed by atoms with Crippen LogP contribution in [0.1, 0.15) is 43.8 Å². The Bertz CT molecular complexity index is 1540. The number of halogens is 5. The van der Waals surface area contributed by atoms with Gasteiger partial charge in [-0.1, -0.05) is 43.5 Å². The molecule has 0 saturated heterocycles. The maximum Gasteiger partial charge on any atom is 0.429 e. The van der Waals surface area contributed by atoms with Crippen molar-refractivity contribution in [3.05, 3.63) is 96.7 Å². The number of rotatable bonds is 5. The summed E-state index contributed by atoms with van der Waals surface area (Å²) < 4.78 is 68.6. The summed E-state index contributed by atoms with van der Waals surface area (Å²) in [5, 5.41) is 14.3. The van der Waals surface area contributed by atoms with Gasteiger partial charge >= 0.3 is 12.1 Å². The van der Waals surface area contributed by atoms with E-state index >= 15 is 8.78 Å². The molecule has 0 bridgehead atoms. The standard InChI is InChI=1S/C21H20F2N3.C8H4F3N4.Ir/c22-21(23,17-12-6-2-7-13-17)20-25-24-19(16-10-4-1-5-11-16)26(20)18-14-8-3-9-15-18;9-8(10,11)7-13-6(14-15-7)5-3-1-2-4-12-5;/h1,3-5,8-10,14-15,17H,2,6-7,12-13H2;1-4H;/q2*-1;. The maximum absolute atomic E-state index is 15.4. The second-order valence-electron chi connectivity index (χ2n) is 9.42. The summed E-state index contributed by atoms with van der Waals surface area (Å²) in [6.45, 7) is 0. The SMILES string of the molecule is FC(F)(F)c1n[n-]c(-c2ccccn2)n1.FC(F)(c1nnc(-c2[c-]cccc2)n1-c1ccccc1)C1CCCCC1.[Ir]. The van der Waals surface area contributed by atoms with E-state index in [4.69, 9.17) is 0 Å². The fourth-order valence-electron chi connectivity index (χ4n) is 4.64. The van der Waals surface area contributed by atoms with E-state index in [1.54, 1.807) is 30.3 Å². The van der Waals surface area contributed by atoms with Gasteiger partial charge in [0.1, 0.15) is 5.82 Å². The third-order valence-electron chi connectivity index (χ3n) is 6.64. The first-order chi connectivity index (χ1) is 19.7. The van der Waals surface area contributed by atoms with Crippen LogP contribution in [0.25, 0.3) is 28.6 Å². The number of hydrogen-bond donors (Lipinski definition) is 0. The molecular weight excluding hydrogens is 734 g/mol. The fourth-order valence-corrected chi connectivity index (χ4v) is 4.64. The molecule has 6 rings (SSSR count). The van der Waals surface area contributed by atoms with Gasteiger partial charge in [0.2, 0.25) is 0 Å². The van der Waals surface area contributed by atoms with Crippen molar-refractivity contribution in [1.82, 2.24) is 34.9 Å². The van der Waals surface area contributed by atoms with Gasteiger partial charge in [-0.25, -0.2) is 0 Å². The minimum Gasteiger partial charge on any atom is -0.413 e. The van der Waals surface area contributed by atoms with Crippen molar-refractivity contribution >= 4 is 0 Å². The van der Waals surface area contributed by atoms with E-state index in [9.17, 15) is 13.2 Å². The Morgan fingerprint density at radius 1 is 0.833 bits per heavy atom. The Labute approximate surface area is 252 Å². The van der Waals surface area contributed by atoms with Crippen LogP contribution in [-0.4, -0.2) is 29.8 Å². The van der Waals surface area contributed by atoms with Crippen LogP contribution in [0.4, 0.5) is 22.0 Å². The van der Waals surface area contributed by atoms with Crippen LogP contribution in [0.2, 0.25) is 0 Å². The number of pyridine rings is 1. The molecule has 0 N–H and O–H groups in total. The first kappa shape index (κ1) is 31.1. The molecule has 0 amide bonds. The van der Waals surface area contributed by atoms with E-state index in [0.29, 0.717) is 29.9 Å². The van der Waals surface area contributed by atoms with Gasteiger partial charge in [-0.05, 0) is 42.9 Å². The van der Waals surface area contributed by atoms with Gasteiger partial charge < -0.3 is 14.6 Å². The third-order valence-corrected chi connectivity index (χ3v) is 6.64. The van der Waals surface area contributed by atoms with Gasteiger partial charge in [-0.2, -0.15) is 27.1 Å². The molecule has 5 aromatic rings. The quantitative estimate of drug-likeness (QED) is 0.143. The number of nitrogens with zero attached hydrogens (tertiary/aromatic N) is 7. The number of hydrogen-bond acceptors (Lipinski definition) is 5. The second kappa shape index (κ2) is 13.4. The molecule has 13 heteroatoms. The summed E-state index contributed by atoms with van der Waals surface area (Å²) in [6, 6.07) is 24.2. The van der Waals surface area contributed by atoms with E-state index in [2.05, 4.69) is 36.4 Å². The summed E-state index contributed by atoms with van der Waals surface area (Å²) in [6.07, 6.45) is 0.655. The van der Waals surface area contributed by atoms with Crippen LogP contribution < -0.4 is 5.10 Å². The maximum atomic E-state index is 15.4. The molecule has 1 saturated carbocycles. The van der Waals surface area contributed by atoms with Crippen LogP contribution in [0, 0.1) is 12.0 Å². The Morgan fingerprint density at radius 3 is 2.17 bits per heavy atom. The molecule has 221 valence electrons. The zero-order valence-electron chi connectivity index (χ0n) is 22.0. The Balaban J connectivity index is 0.000000216. The topological polar surface area (TPSA) is 83.5 Å². The van der Waals surface area contributed by atoms with Gasteiger partial charge in [0.05, 0.1) is 11.5 Å². The summed E-state index contributed by atoms with van der Waals surface area (Å²) in [4.78, 5) is 7.05. The van der Waals surface area contributed by atoms with Crippen molar-refractivity contribution in [2.45, 2.75) is 44.2 Å². The molecule has 0 atom stereocenters. The zero-order chi connectivity index (χ0) is 28.9. The summed E-state index contributed by atoms with van der Waals surface area (Å²) in [5.74, 6) is -4.96. The number of alkyl halides is 5.